The Labute approximate surface area is 134 Å². The number of rotatable bonds is 4. The van der Waals surface area contributed by atoms with Crippen molar-refractivity contribution in [2.24, 2.45) is 0 Å². The van der Waals surface area contributed by atoms with Crippen LogP contribution in [0.25, 0.3) is 0 Å². The van der Waals surface area contributed by atoms with E-state index in [-0.39, 0.29) is 23.6 Å². The summed E-state index contributed by atoms with van der Waals surface area (Å²) >= 11 is 1.72. The van der Waals surface area contributed by atoms with Gasteiger partial charge in [-0.1, -0.05) is 19.0 Å². The molecule has 1 amide bonds. The fourth-order valence-corrected chi connectivity index (χ4v) is 3.71. The standard InChI is InChI=1S/C16H21N3O2S/c1-9(2)12-8-13(21-19-12)15(20)17-10(3)16-18-11-6-4-5-7-14(11)22-16/h8-10H,4-7H2,1-3H3,(H,17,20)/t10-/m1/s1. The quantitative estimate of drug-likeness (QED) is 0.934. The molecule has 1 aliphatic rings. The second-order valence-electron chi connectivity index (χ2n) is 6.09. The first kappa shape index (κ1) is 15.2. The van der Waals surface area contributed by atoms with Gasteiger partial charge in [-0.05, 0) is 38.5 Å². The minimum Gasteiger partial charge on any atom is -0.351 e. The van der Waals surface area contributed by atoms with Gasteiger partial charge in [-0.2, -0.15) is 0 Å². The van der Waals surface area contributed by atoms with E-state index in [1.807, 2.05) is 20.8 Å². The summed E-state index contributed by atoms with van der Waals surface area (Å²) < 4.78 is 5.13. The maximum absolute atomic E-state index is 12.2. The number of amides is 1. The van der Waals surface area contributed by atoms with E-state index in [9.17, 15) is 4.79 Å². The first-order valence-electron chi connectivity index (χ1n) is 7.80. The van der Waals surface area contributed by atoms with Crippen LogP contribution >= 0.6 is 11.3 Å². The lowest BCUT2D eigenvalue weighted by Crippen LogP contribution is -2.26. The monoisotopic (exact) mass is 319 g/mol. The molecule has 0 spiro atoms. The van der Waals surface area contributed by atoms with Crippen LogP contribution in [0, 0.1) is 0 Å². The average molecular weight is 319 g/mol. The molecular formula is C16H21N3O2S. The van der Waals surface area contributed by atoms with Gasteiger partial charge in [0.25, 0.3) is 5.91 Å². The van der Waals surface area contributed by atoms with Crippen molar-refractivity contribution >= 4 is 17.2 Å². The third-order valence-electron chi connectivity index (χ3n) is 3.92. The molecule has 3 rings (SSSR count). The van der Waals surface area contributed by atoms with Crippen molar-refractivity contribution in [1.29, 1.82) is 0 Å². The summed E-state index contributed by atoms with van der Waals surface area (Å²) in [6, 6.07) is 1.59. The Morgan fingerprint density at radius 1 is 1.32 bits per heavy atom. The van der Waals surface area contributed by atoms with Gasteiger partial charge in [0.1, 0.15) is 5.01 Å². The van der Waals surface area contributed by atoms with Crippen molar-refractivity contribution < 1.29 is 9.32 Å². The second-order valence-corrected chi connectivity index (χ2v) is 7.21. The lowest BCUT2D eigenvalue weighted by Gasteiger charge is -2.09. The van der Waals surface area contributed by atoms with Gasteiger partial charge >= 0.3 is 0 Å². The molecule has 0 saturated carbocycles. The van der Waals surface area contributed by atoms with Crippen molar-refractivity contribution in [1.82, 2.24) is 15.5 Å². The Bertz CT molecular complexity index is 651. The van der Waals surface area contributed by atoms with Crippen molar-refractivity contribution in [3.05, 3.63) is 33.1 Å². The van der Waals surface area contributed by atoms with E-state index in [4.69, 9.17) is 4.52 Å². The Morgan fingerprint density at radius 2 is 2.09 bits per heavy atom. The van der Waals surface area contributed by atoms with Gasteiger partial charge in [-0.25, -0.2) is 4.98 Å². The molecule has 0 aromatic carbocycles. The molecule has 0 bridgehead atoms. The number of fused-ring (bicyclic) bond motifs is 1. The molecule has 118 valence electrons. The van der Waals surface area contributed by atoms with Crippen LogP contribution in [0.2, 0.25) is 0 Å². The minimum atomic E-state index is -0.236. The van der Waals surface area contributed by atoms with Crippen LogP contribution in [-0.2, 0) is 12.8 Å². The third-order valence-corrected chi connectivity index (χ3v) is 5.26. The number of hydrogen-bond acceptors (Lipinski definition) is 5. The Morgan fingerprint density at radius 3 is 2.77 bits per heavy atom. The van der Waals surface area contributed by atoms with Crippen LogP contribution in [-0.4, -0.2) is 16.0 Å². The van der Waals surface area contributed by atoms with E-state index in [1.54, 1.807) is 17.4 Å². The molecule has 1 N–H and O–H groups in total. The minimum absolute atomic E-state index is 0.115. The number of nitrogens with zero attached hydrogens (tertiary/aromatic N) is 2. The molecule has 5 nitrogen and oxygen atoms in total. The largest absolute Gasteiger partial charge is 0.351 e. The highest BCUT2D eigenvalue weighted by atomic mass is 32.1. The molecule has 2 aromatic rings. The summed E-state index contributed by atoms with van der Waals surface area (Å²) in [4.78, 5) is 18.3. The highest BCUT2D eigenvalue weighted by molar-refractivity contribution is 7.11. The SMILES string of the molecule is CC(C)c1cc(C(=O)N[C@H](C)c2nc3c(s2)CCCC3)on1. The number of nitrogens with one attached hydrogen (secondary N) is 1. The lowest BCUT2D eigenvalue weighted by atomic mass is 10.0. The van der Waals surface area contributed by atoms with Gasteiger partial charge in [0, 0.05) is 10.9 Å². The van der Waals surface area contributed by atoms with Gasteiger partial charge < -0.3 is 9.84 Å². The molecule has 0 radical (unpaired) electrons. The molecule has 1 atom stereocenters. The van der Waals surface area contributed by atoms with Crippen molar-refractivity contribution in [3.63, 3.8) is 0 Å². The molecule has 2 heterocycles. The molecule has 0 fully saturated rings. The molecule has 1 aliphatic carbocycles. The lowest BCUT2D eigenvalue weighted by molar-refractivity contribution is 0.0902. The summed E-state index contributed by atoms with van der Waals surface area (Å²) in [6.45, 7) is 5.99. The topological polar surface area (TPSA) is 68.0 Å². The fraction of sp³-hybridized carbons (Fsp3) is 0.562. The van der Waals surface area contributed by atoms with Crippen molar-refractivity contribution in [2.75, 3.05) is 0 Å². The van der Waals surface area contributed by atoms with Crippen LogP contribution in [0.4, 0.5) is 0 Å². The number of aryl methyl sites for hydroxylation is 2. The van der Waals surface area contributed by atoms with Gasteiger partial charge in [-0.15, -0.1) is 11.3 Å². The summed E-state index contributed by atoms with van der Waals surface area (Å²) in [5.41, 5.74) is 2.01. The highest BCUT2D eigenvalue weighted by Gasteiger charge is 2.21. The van der Waals surface area contributed by atoms with Gasteiger partial charge in [0.15, 0.2) is 0 Å². The van der Waals surface area contributed by atoms with Crippen molar-refractivity contribution in [3.8, 4) is 0 Å². The van der Waals surface area contributed by atoms with Crippen LogP contribution in [0.1, 0.15) is 77.4 Å². The number of aromatic nitrogens is 2. The Balaban J connectivity index is 1.68. The molecule has 0 aliphatic heterocycles. The first-order valence-corrected chi connectivity index (χ1v) is 8.62. The first-order chi connectivity index (χ1) is 10.5. The predicted octanol–water partition coefficient (Wildman–Crippen LogP) is 3.62. The zero-order valence-corrected chi connectivity index (χ0v) is 14.0. The van der Waals surface area contributed by atoms with Crippen LogP contribution in [0.5, 0.6) is 0 Å². The van der Waals surface area contributed by atoms with Gasteiger partial charge in [-0.3, -0.25) is 4.79 Å². The third kappa shape index (κ3) is 3.06. The molecular weight excluding hydrogens is 298 g/mol. The zero-order chi connectivity index (χ0) is 15.7. The Hall–Kier alpha value is -1.69. The van der Waals surface area contributed by atoms with Gasteiger partial charge in [0.2, 0.25) is 5.76 Å². The van der Waals surface area contributed by atoms with Crippen molar-refractivity contribution in [2.45, 2.75) is 58.4 Å². The molecule has 0 unspecified atom stereocenters. The zero-order valence-electron chi connectivity index (χ0n) is 13.2. The highest BCUT2D eigenvalue weighted by Crippen LogP contribution is 2.29. The summed E-state index contributed by atoms with van der Waals surface area (Å²) in [6.07, 6.45) is 4.64. The summed E-state index contributed by atoms with van der Waals surface area (Å²) in [5.74, 6) is 0.269. The average Bonchev–Trinajstić information content (AvgIpc) is 3.14. The van der Waals surface area contributed by atoms with E-state index in [0.717, 1.165) is 23.5 Å². The molecule has 0 saturated heterocycles. The molecule has 22 heavy (non-hydrogen) atoms. The Kier molecular flexibility index (Phi) is 4.29. The smallest absolute Gasteiger partial charge is 0.290 e. The number of carbonyl (C=O) groups excluding carboxylic acids is 1. The normalized spacial score (nSPS) is 15.6. The predicted molar refractivity (Wildman–Crippen MR) is 85.2 cm³/mol. The second kappa shape index (κ2) is 6.20. The maximum Gasteiger partial charge on any atom is 0.290 e. The van der Waals surface area contributed by atoms with E-state index < -0.39 is 0 Å². The van der Waals surface area contributed by atoms with E-state index >= 15 is 0 Å². The number of hydrogen-bond donors (Lipinski definition) is 1. The number of thiazole rings is 1. The van der Waals surface area contributed by atoms with Crippen LogP contribution < -0.4 is 5.32 Å². The van der Waals surface area contributed by atoms with Gasteiger partial charge in [0.05, 0.1) is 17.4 Å². The fourth-order valence-electron chi connectivity index (χ4n) is 2.55. The summed E-state index contributed by atoms with van der Waals surface area (Å²) in [7, 11) is 0. The van der Waals surface area contributed by atoms with E-state index in [2.05, 4.69) is 15.5 Å². The van der Waals surface area contributed by atoms with Crippen LogP contribution in [0.3, 0.4) is 0 Å². The van der Waals surface area contributed by atoms with E-state index in [0.29, 0.717) is 0 Å². The molecule has 2 aromatic heterocycles. The van der Waals surface area contributed by atoms with Crippen LogP contribution in [0.15, 0.2) is 10.6 Å². The summed E-state index contributed by atoms with van der Waals surface area (Å²) in [5, 5.41) is 7.85. The maximum atomic E-state index is 12.2. The van der Waals surface area contributed by atoms with E-state index in [1.165, 1.54) is 23.4 Å². The number of carbonyl (C=O) groups is 1. The molecule has 6 heteroatoms.